The SMILES string of the molecule is CCc1nn2c(=O)cc(CSc3nnc(CC4CCS(=O)(=O)C4)o3)nc2s1. The van der Waals surface area contributed by atoms with Gasteiger partial charge in [0.15, 0.2) is 9.84 Å². The van der Waals surface area contributed by atoms with Crippen LogP contribution in [0.2, 0.25) is 0 Å². The number of nitrogens with zero attached hydrogens (tertiary/aromatic N) is 5. The van der Waals surface area contributed by atoms with Gasteiger partial charge in [0.05, 0.1) is 17.2 Å². The summed E-state index contributed by atoms with van der Waals surface area (Å²) in [4.78, 5) is 17.2. The molecule has 4 heterocycles. The van der Waals surface area contributed by atoms with Crippen molar-refractivity contribution in [1.29, 1.82) is 0 Å². The van der Waals surface area contributed by atoms with Crippen LogP contribution >= 0.6 is 23.1 Å². The topological polar surface area (TPSA) is 120 Å². The fourth-order valence-electron chi connectivity index (χ4n) is 2.91. The van der Waals surface area contributed by atoms with E-state index in [2.05, 4.69) is 20.3 Å². The molecule has 1 saturated heterocycles. The Bertz CT molecular complexity index is 1130. The Morgan fingerprint density at radius 3 is 3.00 bits per heavy atom. The third-order valence-electron chi connectivity index (χ3n) is 4.22. The maximum Gasteiger partial charge on any atom is 0.276 e. The molecule has 0 radical (unpaired) electrons. The maximum absolute atomic E-state index is 12.1. The number of thioether (sulfide) groups is 1. The Morgan fingerprint density at radius 2 is 2.26 bits per heavy atom. The molecule has 1 atom stereocenters. The van der Waals surface area contributed by atoms with E-state index in [4.69, 9.17) is 4.42 Å². The van der Waals surface area contributed by atoms with E-state index in [0.29, 0.717) is 40.4 Å². The Morgan fingerprint density at radius 1 is 1.41 bits per heavy atom. The van der Waals surface area contributed by atoms with Crippen molar-refractivity contribution in [3.05, 3.63) is 33.0 Å². The molecule has 3 aromatic rings. The monoisotopic (exact) mass is 427 g/mol. The lowest BCUT2D eigenvalue weighted by Crippen LogP contribution is -2.15. The summed E-state index contributed by atoms with van der Waals surface area (Å²) < 4.78 is 30.0. The van der Waals surface area contributed by atoms with Gasteiger partial charge in [0.1, 0.15) is 5.01 Å². The molecule has 3 aromatic heterocycles. The number of aryl methyl sites for hydroxylation is 1. The average Bonchev–Trinajstić information content (AvgIpc) is 3.32. The first-order chi connectivity index (χ1) is 12.9. The second kappa shape index (κ2) is 7.32. The van der Waals surface area contributed by atoms with Gasteiger partial charge in [-0.1, -0.05) is 30.0 Å². The predicted molar refractivity (Wildman–Crippen MR) is 101 cm³/mol. The van der Waals surface area contributed by atoms with E-state index in [0.717, 1.165) is 11.4 Å². The smallest absolute Gasteiger partial charge is 0.276 e. The summed E-state index contributed by atoms with van der Waals surface area (Å²) in [6.45, 7) is 1.98. The van der Waals surface area contributed by atoms with Crippen LogP contribution in [0.1, 0.15) is 29.9 Å². The van der Waals surface area contributed by atoms with Crippen LogP contribution in [0.4, 0.5) is 0 Å². The van der Waals surface area contributed by atoms with Gasteiger partial charge in [0, 0.05) is 18.2 Å². The highest BCUT2D eigenvalue weighted by Crippen LogP contribution is 2.25. The van der Waals surface area contributed by atoms with Crippen molar-refractivity contribution >= 4 is 37.9 Å². The lowest BCUT2D eigenvalue weighted by Gasteiger charge is -2.01. The van der Waals surface area contributed by atoms with E-state index in [9.17, 15) is 13.2 Å². The summed E-state index contributed by atoms with van der Waals surface area (Å²) in [5.41, 5.74) is 0.415. The van der Waals surface area contributed by atoms with Crippen molar-refractivity contribution in [3.63, 3.8) is 0 Å². The van der Waals surface area contributed by atoms with E-state index >= 15 is 0 Å². The molecule has 144 valence electrons. The number of sulfone groups is 1. The average molecular weight is 428 g/mol. The third kappa shape index (κ3) is 4.22. The summed E-state index contributed by atoms with van der Waals surface area (Å²) in [5, 5.41) is 13.4. The number of rotatable bonds is 6. The summed E-state index contributed by atoms with van der Waals surface area (Å²) in [7, 11) is -2.92. The van der Waals surface area contributed by atoms with E-state index in [1.807, 2.05) is 6.92 Å². The Hall–Kier alpha value is -1.79. The second-order valence-electron chi connectivity index (χ2n) is 6.35. The minimum atomic E-state index is -2.92. The fraction of sp³-hybridized carbons (Fsp3) is 0.533. The number of fused-ring (bicyclic) bond motifs is 1. The normalized spacial score (nSPS) is 19.1. The van der Waals surface area contributed by atoms with E-state index in [1.54, 1.807) is 0 Å². The third-order valence-corrected chi connectivity index (χ3v) is 7.97. The molecule has 0 N–H and O–H groups in total. The molecule has 1 unspecified atom stereocenters. The van der Waals surface area contributed by atoms with Gasteiger partial charge in [-0.25, -0.2) is 13.4 Å². The Balaban J connectivity index is 1.41. The van der Waals surface area contributed by atoms with Crippen molar-refractivity contribution in [2.75, 3.05) is 11.5 Å². The van der Waals surface area contributed by atoms with Gasteiger partial charge in [-0.2, -0.15) is 9.61 Å². The zero-order valence-corrected chi connectivity index (χ0v) is 16.9. The largest absolute Gasteiger partial charge is 0.416 e. The highest BCUT2D eigenvalue weighted by Gasteiger charge is 2.29. The number of hydrogen-bond acceptors (Lipinski definition) is 10. The summed E-state index contributed by atoms with van der Waals surface area (Å²) >= 11 is 2.70. The van der Waals surface area contributed by atoms with Crippen LogP contribution in [0.3, 0.4) is 0 Å². The van der Waals surface area contributed by atoms with Crippen molar-refractivity contribution in [3.8, 4) is 0 Å². The van der Waals surface area contributed by atoms with E-state index in [1.165, 1.54) is 33.7 Å². The summed E-state index contributed by atoms with van der Waals surface area (Å²) in [6, 6.07) is 1.46. The van der Waals surface area contributed by atoms with Crippen LogP contribution in [0.5, 0.6) is 0 Å². The van der Waals surface area contributed by atoms with Crippen molar-refractivity contribution in [1.82, 2.24) is 24.8 Å². The first-order valence-electron chi connectivity index (χ1n) is 8.46. The first-order valence-corrected chi connectivity index (χ1v) is 12.1. The molecule has 0 amide bonds. The molecule has 0 bridgehead atoms. The lowest BCUT2D eigenvalue weighted by atomic mass is 10.1. The van der Waals surface area contributed by atoms with Gasteiger partial charge in [-0.15, -0.1) is 10.2 Å². The fourth-order valence-corrected chi connectivity index (χ4v) is 6.30. The molecule has 4 rings (SSSR count). The lowest BCUT2D eigenvalue weighted by molar-refractivity contribution is 0.389. The highest BCUT2D eigenvalue weighted by molar-refractivity contribution is 7.98. The zero-order valence-electron chi connectivity index (χ0n) is 14.5. The second-order valence-corrected chi connectivity index (χ2v) is 10.5. The summed E-state index contributed by atoms with van der Waals surface area (Å²) in [6.07, 6.45) is 1.86. The zero-order chi connectivity index (χ0) is 19.0. The maximum atomic E-state index is 12.1. The molecule has 1 fully saturated rings. The quantitative estimate of drug-likeness (QED) is 0.537. The molecule has 0 aromatic carbocycles. The van der Waals surface area contributed by atoms with Crippen LogP contribution < -0.4 is 5.56 Å². The molecule has 9 nitrogen and oxygen atoms in total. The van der Waals surface area contributed by atoms with Gasteiger partial charge in [0.2, 0.25) is 10.9 Å². The molecule has 12 heteroatoms. The Labute approximate surface area is 163 Å². The number of hydrogen-bond donors (Lipinski definition) is 0. The Kier molecular flexibility index (Phi) is 5.03. The van der Waals surface area contributed by atoms with Gasteiger partial charge >= 0.3 is 0 Å². The van der Waals surface area contributed by atoms with E-state index in [-0.39, 0.29) is 23.0 Å². The van der Waals surface area contributed by atoms with E-state index < -0.39 is 9.84 Å². The minimum absolute atomic E-state index is 0.0384. The van der Waals surface area contributed by atoms with Crippen LogP contribution in [0, 0.1) is 5.92 Å². The van der Waals surface area contributed by atoms with Crippen LogP contribution in [0.25, 0.3) is 4.96 Å². The minimum Gasteiger partial charge on any atom is -0.416 e. The van der Waals surface area contributed by atoms with Crippen LogP contribution in [0.15, 0.2) is 20.5 Å². The standard InChI is InChI=1S/C15H17N5O4S3/c1-2-12-19-20-13(21)6-10(16-14(20)26-12)7-25-15-18-17-11(24-15)5-9-3-4-27(22,23)8-9/h6,9H,2-5,7-8H2,1H3. The van der Waals surface area contributed by atoms with Crippen molar-refractivity contribution in [2.24, 2.45) is 5.92 Å². The van der Waals surface area contributed by atoms with Gasteiger partial charge in [-0.3, -0.25) is 4.79 Å². The summed E-state index contributed by atoms with van der Waals surface area (Å²) in [5.74, 6) is 1.31. The van der Waals surface area contributed by atoms with Gasteiger partial charge < -0.3 is 4.42 Å². The first kappa shape index (κ1) is 18.6. The van der Waals surface area contributed by atoms with Crippen molar-refractivity contribution < 1.29 is 12.8 Å². The highest BCUT2D eigenvalue weighted by atomic mass is 32.2. The van der Waals surface area contributed by atoms with Crippen LogP contribution in [-0.4, -0.2) is 44.7 Å². The number of aromatic nitrogens is 5. The predicted octanol–water partition coefficient (Wildman–Crippen LogP) is 1.37. The molecule has 1 aliphatic heterocycles. The molecular weight excluding hydrogens is 410 g/mol. The van der Waals surface area contributed by atoms with Crippen molar-refractivity contribution in [2.45, 2.75) is 37.2 Å². The molecular formula is C15H17N5O4S3. The molecule has 0 saturated carbocycles. The molecule has 1 aliphatic rings. The van der Waals surface area contributed by atoms with Crippen LogP contribution in [-0.2, 0) is 28.4 Å². The molecule has 27 heavy (non-hydrogen) atoms. The van der Waals surface area contributed by atoms with Gasteiger partial charge in [0.25, 0.3) is 10.8 Å². The van der Waals surface area contributed by atoms with Gasteiger partial charge in [-0.05, 0) is 18.8 Å². The molecule has 0 spiro atoms. The molecule has 0 aliphatic carbocycles.